The Bertz CT molecular complexity index is 580. The molecule has 1 saturated heterocycles. The summed E-state index contributed by atoms with van der Waals surface area (Å²) in [5.41, 5.74) is 9.15. The average Bonchev–Trinajstić information content (AvgIpc) is 2.54. The number of nitrogens with zero attached hydrogens (tertiary/aromatic N) is 1. The summed E-state index contributed by atoms with van der Waals surface area (Å²) in [6, 6.07) is 6.44. The van der Waals surface area contributed by atoms with Crippen LogP contribution in [0.2, 0.25) is 0 Å². The van der Waals surface area contributed by atoms with Crippen molar-refractivity contribution in [3.05, 3.63) is 34.9 Å². The third-order valence-electron chi connectivity index (χ3n) is 4.55. The van der Waals surface area contributed by atoms with Gasteiger partial charge in [-0.2, -0.15) is 0 Å². The molecule has 1 aromatic rings. The normalized spacial score (nSPS) is 17.1. The zero-order valence-corrected chi connectivity index (χ0v) is 15.0. The lowest BCUT2D eigenvalue weighted by atomic mass is 9.96. The van der Waals surface area contributed by atoms with Crippen LogP contribution in [0.4, 0.5) is 0 Å². The molecule has 23 heavy (non-hydrogen) atoms. The molecule has 0 unspecified atom stereocenters. The molecular formula is C18H26N2O2S. The molecule has 1 heterocycles. The third kappa shape index (κ3) is 4.74. The number of amides is 2. The second-order valence-electron chi connectivity index (χ2n) is 6.39. The first-order chi connectivity index (χ1) is 10.9. The van der Waals surface area contributed by atoms with E-state index in [1.54, 1.807) is 11.8 Å². The van der Waals surface area contributed by atoms with Crippen molar-refractivity contribution in [2.24, 2.45) is 11.7 Å². The van der Waals surface area contributed by atoms with E-state index in [2.05, 4.69) is 32.0 Å². The fraction of sp³-hybridized carbons (Fsp3) is 0.556. The van der Waals surface area contributed by atoms with Gasteiger partial charge in [-0.3, -0.25) is 9.59 Å². The van der Waals surface area contributed by atoms with Gasteiger partial charge in [-0.15, -0.1) is 11.8 Å². The van der Waals surface area contributed by atoms with E-state index in [0.29, 0.717) is 25.9 Å². The monoisotopic (exact) mass is 334 g/mol. The van der Waals surface area contributed by atoms with E-state index in [1.165, 1.54) is 16.7 Å². The van der Waals surface area contributed by atoms with E-state index in [4.69, 9.17) is 5.73 Å². The van der Waals surface area contributed by atoms with E-state index >= 15 is 0 Å². The molecule has 2 rings (SSSR count). The fourth-order valence-corrected chi connectivity index (χ4v) is 3.92. The van der Waals surface area contributed by atoms with Gasteiger partial charge < -0.3 is 10.6 Å². The third-order valence-corrected chi connectivity index (χ3v) is 5.73. The highest BCUT2D eigenvalue weighted by Crippen LogP contribution is 2.24. The van der Waals surface area contributed by atoms with Gasteiger partial charge in [0.05, 0.1) is 5.25 Å². The number of hydrogen-bond acceptors (Lipinski definition) is 3. The van der Waals surface area contributed by atoms with Gasteiger partial charge in [0.2, 0.25) is 11.8 Å². The van der Waals surface area contributed by atoms with E-state index in [0.717, 1.165) is 5.75 Å². The zero-order valence-electron chi connectivity index (χ0n) is 14.2. The molecule has 5 heteroatoms. The van der Waals surface area contributed by atoms with Crippen LogP contribution in [0.5, 0.6) is 0 Å². The predicted octanol–water partition coefficient (Wildman–Crippen LogP) is 2.65. The standard InChI is InChI=1S/C18H26N2O2S/c1-12-4-5-13(2)16(10-12)11-23-14(3)18(22)20-8-6-15(7-9-20)17(19)21/h4-5,10,14-15H,6-9,11H2,1-3H3,(H2,19,21)/t14-/m0/s1. The molecule has 1 aliphatic rings. The predicted molar refractivity (Wildman–Crippen MR) is 95.2 cm³/mol. The summed E-state index contributed by atoms with van der Waals surface area (Å²) in [6.07, 6.45) is 1.38. The largest absolute Gasteiger partial charge is 0.369 e. The van der Waals surface area contributed by atoms with E-state index in [-0.39, 0.29) is 23.0 Å². The van der Waals surface area contributed by atoms with Crippen molar-refractivity contribution in [3.63, 3.8) is 0 Å². The average molecular weight is 334 g/mol. The first-order valence-electron chi connectivity index (χ1n) is 8.14. The van der Waals surface area contributed by atoms with Crippen LogP contribution in [-0.2, 0) is 15.3 Å². The van der Waals surface area contributed by atoms with E-state index in [9.17, 15) is 9.59 Å². The smallest absolute Gasteiger partial charge is 0.235 e. The van der Waals surface area contributed by atoms with Crippen molar-refractivity contribution in [1.82, 2.24) is 4.90 Å². The summed E-state index contributed by atoms with van der Waals surface area (Å²) in [5.74, 6) is 0.702. The number of likely N-dealkylation sites (tertiary alicyclic amines) is 1. The van der Waals surface area contributed by atoms with Crippen molar-refractivity contribution < 1.29 is 9.59 Å². The number of nitrogens with two attached hydrogens (primary N) is 1. The molecule has 0 saturated carbocycles. The number of piperidine rings is 1. The molecule has 1 aliphatic heterocycles. The molecule has 0 radical (unpaired) electrons. The molecule has 4 nitrogen and oxygen atoms in total. The fourth-order valence-electron chi connectivity index (χ4n) is 2.88. The van der Waals surface area contributed by atoms with E-state index < -0.39 is 0 Å². The number of rotatable bonds is 5. The van der Waals surface area contributed by atoms with Crippen LogP contribution >= 0.6 is 11.8 Å². The quantitative estimate of drug-likeness (QED) is 0.900. The van der Waals surface area contributed by atoms with Crippen molar-refractivity contribution in [2.75, 3.05) is 13.1 Å². The number of thioether (sulfide) groups is 1. The van der Waals surface area contributed by atoms with Gasteiger partial charge in [0.1, 0.15) is 0 Å². The van der Waals surface area contributed by atoms with Gasteiger partial charge in [0.15, 0.2) is 0 Å². The maximum Gasteiger partial charge on any atom is 0.235 e. The molecule has 1 atom stereocenters. The van der Waals surface area contributed by atoms with E-state index in [1.807, 2.05) is 11.8 Å². The van der Waals surface area contributed by atoms with Gasteiger partial charge >= 0.3 is 0 Å². The highest BCUT2D eigenvalue weighted by Gasteiger charge is 2.28. The highest BCUT2D eigenvalue weighted by atomic mass is 32.2. The molecular weight excluding hydrogens is 308 g/mol. The Labute approximate surface area is 142 Å². The Kier molecular flexibility index (Phi) is 6.10. The van der Waals surface area contributed by atoms with Crippen LogP contribution in [-0.4, -0.2) is 35.1 Å². The molecule has 126 valence electrons. The number of hydrogen-bond donors (Lipinski definition) is 1. The minimum Gasteiger partial charge on any atom is -0.369 e. The number of aryl methyl sites for hydroxylation is 2. The summed E-state index contributed by atoms with van der Waals surface area (Å²) < 4.78 is 0. The summed E-state index contributed by atoms with van der Waals surface area (Å²) >= 11 is 1.68. The Morgan fingerprint density at radius 2 is 1.96 bits per heavy atom. The van der Waals surface area contributed by atoms with Gasteiger partial charge in [0, 0.05) is 24.8 Å². The van der Waals surface area contributed by atoms with Crippen molar-refractivity contribution >= 4 is 23.6 Å². The molecule has 2 amide bonds. The molecule has 0 aliphatic carbocycles. The number of benzene rings is 1. The zero-order chi connectivity index (χ0) is 17.0. The molecule has 0 aromatic heterocycles. The lowest BCUT2D eigenvalue weighted by Crippen LogP contribution is -2.44. The van der Waals surface area contributed by atoms with Gasteiger partial charge in [0.25, 0.3) is 0 Å². The van der Waals surface area contributed by atoms with Crippen LogP contribution in [0.15, 0.2) is 18.2 Å². The van der Waals surface area contributed by atoms with Gasteiger partial charge in [-0.05, 0) is 44.7 Å². The maximum atomic E-state index is 12.5. The molecule has 1 aromatic carbocycles. The lowest BCUT2D eigenvalue weighted by Gasteiger charge is -2.32. The van der Waals surface area contributed by atoms with Gasteiger partial charge in [-0.25, -0.2) is 0 Å². The molecule has 2 N–H and O–H groups in total. The first-order valence-corrected chi connectivity index (χ1v) is 9.19. The Balaban J connectivity index is 1.86. The highest BCUT2D eigenvalue weighted by molar-refractivity contribution is 7.99. The first kappa shape index (κ1) is 17.9. The summed E-state index contributed by atoms with van der Waals surface area (Å²) in [5, 5.41) is -0.0694. The molecule has 0 spiro atoms. The van der Waals surface area contributed by atoms with Crippen molar-refractivity contribution in [2.45, 2.75) is 44.6 Å². The Morgan fingerprint density at radius 3 is 2.57 bits per heavy atom. The van der Waals surface area contributed by atoms with Crippen molar-refractivity contribution in [3.8, 4) is 0 Å². The number of carbonyl (C=O) groups excluding carboxylic acids is 2. The minimum atomic E-state index is -0.241. The molecule has 0 bridgehead atoms. The summed E-state index contributed by atoms with van der Waals surface area (Å²) in [7, 11) is 0. The van der Waals surface area contributed by atoms with Gasteiger partial charge in [-0.1, -0.05) is 23.8 Å². The molecule has 1 fully saturated rings. The maximum absolute atomic E-state index is 12.5. The second-order valence-corrected chi connectivity index (χ2v) is 7.71. The summed E-state index contributed by atoms with van der Waals surface area (Å²) in [6.45, 7) is 7.45. The Morgan fingerprint density at radius 1 is 1.30 bits per heavy atom. The number of primary amides is 1. The minimum absolute atomic E-state index is 0.0694. The summed E-state index contributed by atoms with van der Waals surface area (Å²) in [4.78, 5) is 25.6. The SMILES string of the molecule is Cc1ccc(C)c(CS[C@@H](C)C(=O)N2CCC(C(N)=O)CC2)c1. The van der Waals surface area contributed by atoms with Crippen LogP contribution in [0.3, 0.4) is 0 Å². The van der Waals surface area contributed by atoms with Crippen LogP contribution < -0.4 is 5.73 Å². The van der Waals surface area contributed by atoms with Crippen LogP contribution in [0, 0.1) is 19.8 Å². The van der Waals surface area contributed by atoms with Crippen LogP contribution in [0.1, 0.15) is 36.5 Å². The Hall–Kier alpha value is -1.49. The van der Waals surface area contributed by atoms with Crippen molar-refractivity contribution in [1.29, 1.82) is 0 Å². The second kappa shape index (κ2) is 7.86. The number of carbonyl (C=O) groups is 2. The lowest BCUT2D eigenvalue weighted by molar-refractivity contribution is -0.134. The van der Waals surface area contributed by atoms with Crippen LogP contribution in [0.25, 0.3) is 0 Å². The topological polar surface area (TPSA) is 63.4 Å².